The Hall–Kier alpha value is -1.52. The van der Waals surface area contributed by atoms with Gasteiger partial charge < -0.3 is 5.73 Å². The molecular weight excluding hydrogens is 251 g/mol. The summed E-state index contributed by atoms with van der Waals surface area (Å²) >= 11 is 11.7. The Balaban J connectivity index is 2.79. The fraction of sp³-hybridized carbons (Fsp3) is 0. The summed E-state index contributed by atoms with van der Waals surface area (Å²) in [5, 5.41) is 12.8. The van der Waals surface area contributed by atoms with E-state index in [1.807, 2.05) is 0 Å². The molecular formula is C10H6Cl2N2O2. The zero-order valence-electron chi connectivity index (χ0n) is 7.91. The number of nitro benzene ring substituents is 1. The van der Waals surface area contributed by atoms with Crippen LogP contribution in [-0.4, -0.2) is 4.92 Å². The van der Waals surface area contributed by atoms with Gasteiger partial charge in [0.25, 0.3) is 5.69 Å². The molecule has 0 unspecified atom stereocenters. The number of nitrogen functional groups attached to an aromatic ring is 1. The van der Waals surface area contributed by atoms with Crippen LogP contribution in [0.3, 0.4) is 0 Å². The monoisotopic (exact) mass is 256 g/mol. The molecule has 0 aliphatic carbocycles. The van der Waals surface area contributed by atoms with E-state index in [4.69, 9.17) is 28.9 Å². The number of anilines is 1. The molecule has 6 heteroatoms. The molecule has 0 saturated carbocycles. The lowest BCUT2D eigenvalue weighted by Crippen LogP contribution is -1.95. The molecule has 0 aliphatic rings. The molecule has 4 nitrogen and oxygen atoms in total. The molecule has 0 aliphatic heterocycles. The smallest absolute Gasteiger partial charge is 0.292 e. The van der Waals surface area contributed by atoms with Crippen LogP contribution in [0.2, 0.25) is 10.0 Å². The Kier molecular flexibility index (Phi) is 2.61. The zero-order chi connectivity index (χ0) is 11.9. The van der Waals surface area contributed by atoms with Crippen molar-refractivity contribution in [3.05, 3.63) is 44.4 Å². The first-order chi connectivity index (χ1) is 7.49. The van der Waals surface area contributed by atoms with E-state index in [0.29, 0.717) is 15.4 Å². The summed E-state index contributed by atoms with van der Waals surface area (Å²) in [4.78, 5) is 10.2. The highest BCUT2D eigenvalue weighted by atomic mass is 35.5. The second kappa shape index (κ2) is 3.81. The van der Waals surface area contributed by atoms with Gasteiger partial charge in [0.15, 0.2) is 0 Å². The van der Waals surface area contributed by atoms with Gasteiger partial charge >= 0.3 is 0 Å². The lowest BCUT2D eigenvalue weighted by atomic mass is 10.1. The molecule has 0 atom stereocenters. The van der Waals surface area contributed by atoms with Crippen LogP contribution in [0.5, 0.6) is 0 Å². The summed E-state index contributed by atoms with van der Waals surface area (Å²) in [5.74, 6) is 0. The third-order valence-electron chi connectivity index (χ3n) is 2.22. The lowest BCUT2D eigenvalue weighted by molar-refractivity contribution is -0.383. The van der Waals surface area contributed by atoms with Gasteiger partial charge in [0.05, 0.1) is 15.0 Å². The molecule has 0 fully saturated rings. The SMILES string of the molecule is Nc1cc2cc(Cl)c(Cl)cc2cc1[N+](=O)[O-]. The minimum absolute atomic E-state index is 0.107. The zero-order valence-corrected chi connectivity index (χ0v) is 9.42. The van der Waals surface area contributed by atoms with Crippen LogP contribution in [-0.2, 0) is 0 Å². The molecule has 0 spiro atoms. The van der Waals surface area contributed by atoms with Gasteiger partial charge in [0.1, 0.15) is 5.69 Å². The van der Waals surface area contributed by atoms with Crippen LogP contribution < -0.4 is 5.73 Å². The van der Waals surface area contributed by atoms with Gasteiger partial charge in [0, 0.05) is 6.07 Å². The molecule has 2 N–H and O–H groups in total. The van der Waals surface area contributed by atoms with Gasteiger partial charge in [-0.25, -0.2) is 0 Å². The molecule has 0 aromatic heterocycles. The average Bonchev–Trinajstić information content (AvgIpc) is 2.19. The van der Waals surface area contributed by atoms with Gasteiger partial charge in [-0.3, -0.25) is 10.1 Å². The highest BCUT2D eigenvalue weighted by molar-refractivity contribution is 6.42. The summed E-state index contributed by atoms with van der Waals surface area (Å²) in [6.45, 7) is 0. The first kappa shape index (κ1) is 11.0. The fourth-order valence-electron chi connectivity index (χ4n) is 1.46. The third-order valence-corrected chi connectivity index (χ3v) is 2.94. The molecule has 2 aromatic rings. The lowest BCUT2D eigenvalue weighted by Gasteiger charge is -2.03. The van der Waals surface area contributed by atoms with E-state index >= 15 is 0 Å². The van der Waals surface area contributed by atoms with Crippen molar-refractivity contribution in [1.82, 2.24) is 0 Å². The number of nitrogens with zero attached hydrogens (tertiary/aromatic N) is 1. The van der Waals surface area contributed by atoms with E-state index in [0.717, 1.165) is 5.39 Å². The van der Waals surface area contributed by atoms with Crippen LogP contribution >= 0.6 is 23.2 Å². The summed E-state index contributed by atoms with van der Waals surface area (Å²) in [6.07, 6.45) is 0. The van der Waals surface area contributed by atoms with Crippen molar-refractivity contribution < 1.29 is 4.92 Å². The quantitative estimate of drug-likeness (QED) is 0.481. The Morgan fingerprint density at radius 1 is 1.06 bits per heavy atom. The summed E-state index contributed by atoms with van der Waals surface area (Å²) in [7, 11) is 0. The number of halogens is 2. The van der Waals surface area contributed by atoms with Gasteiger partial charge in [0.2, 0.25) is 0 Å². The van der Waals surface area contributed by atoms with Gasteiger partial charge in [-0.1, -0.05) is 23.2 Å². The summed E-state index contributed by atoms with van der Waals surface area (Å²) in [6, 6.07) is 6.09. The van der Waals surface area contributed by atoms with E-state index in [2.05, 4.69) is 0 Å². The second-order valence-corrected chi connectivity index (χ2v) is 4.10. The number of benzene rings is 2. The minimum atomic E-state index is -0.530. The molecule has 82 valence electrons. The first-order valence-electron chi connectivity index (χ1n) is 4.31. The van der Waals surface area contributed by atoms with Gasteiger partial charge in [-0.2, -0.15) is 0 Å². The van der Waals surface area contributed by atoms with Crippen molar-refractivity contribution in [2.75, 3.05) is 5.73 Å². The summed E-state index contributed by atoms with van der Waals surface area (Å²) < 4.78 is 0. The third kappa shape index (κ3) is 1.77. The van der Waals surface area contributed by atoms with E-state index < -0.39 is 4.92 Å². The highest BCUT2D eigenvalue weighted by Gasteiger charge is 2.13. The van der Waals surface area contributed by atoms with Gasteiger partial charge in [-0.15, -0.1) is 0 Å². The van der Waals surface area contributed by atoms with Crippen LogP contribution in [0, 0.1) is 10.1 Å². The second-order valence-electron chi connectivity index (χ2n) is 3.28. The Bertz CT molecular complexity index is 599. The van der Waals surface area contributed by atoms with Crippen LogP contribution in [0.1, 0.15) is 0 Å². The van der Waals surface area contributed by atoms with E-state index in [-0.39, 0.29) is 11.4 Å². The molecule has 2 rings (SSSR count). The molecule has 0 saturated heterocycles. The number of hydrogen-bond acceptors (Lipinski definition) is 3. The van der Waals surface area contributed by atoms with Crippen molar-refractivity contribution in [2.24, 2.45) is 0 Å². The van der Waals surface area contributed by atoms with Crippen LogP contribution in [0.15, 0.2) is 24.3 Å². The largest absolute Gasteiger partial charge is 0.393 e. The molecule has 0 amide bonds. The molecule has 2 aromatic carbocycles. The first-order valence-corrected chi connectivity index (χ1v) is 5.07. The van der Waals surface area contributed by atoms with Crippen molar-refractivity contribution in [3.63, 3.8) is 0 Å². The normalized spacial score (nSPS) is 10.6. The van der Waals surface area contributed by atoms with Crippen molar-refractivity contribution in [3.8, 4) is 0 Å². The number of fused-ring (bicyclic) bond motifs is 1. The molecule has 16 heavy (non-hydrogen) atoms. The number of nitro groups is 1. The Morgan fingerprint density at radius 2 is 1.56 bits per heavy atom. The average molecular weight is 257 g/mol. The molecule has 0 radical (unpaired) electrons. The summed E-state index contributed by atoms with van der Waals surface area (Å²) in [5.41, 5.74) is 5.53. The minimum Gasteiger partial charge on any atom is -0.393 e. The predicted molar refractivity (Wildman–Crippen MR) is 65.0 cm³/mol. The van der Waals surface area contributed by atoms with Gasteiger partial charge in [-0.05, 0) is 29.0 Å². The van der Waals surface area contributed by atoms with Crippen LogP contribution in [0.25, 0.3) is 10.8 Å². The number of hydrogen-bond donors (Lipinski definition) is 1. The van der Waals surface area contributed by atoms with Crippen molar-refractivity contribution in [1.29, 1.82) is 0 Å². The van der Waals surface area contributed by atoms with Crippen molar-refractivity contribution in [2.45, 2.75) is 0 Å². The standard InChI is InChI=1S/C10H6Cl2N2O2/c11-7-1-5-3-9(13)10(14(15)16)4-6(5)2-8(7)12/h1-4H,13H2. The topological polar surface area (TPSA) is 69.2 Å². The predicted octanol–water partition coefficient (Wildman–Crippen LogP) is 3.64. The maximum Gasteiger partial charge on any atom is 0.292 e. The Morgan fingerprint density at radius 3 is 2.06 bits per heavy atom. The highest BCUT2D eigenvalue weighted by Crippen LogP contribution is 2.33. The van der Waals surface area contributed by atoms with E-state index in [1.54, 1.807) is 12.1 Å². The maximum atomic E-state index is 10.7. The maximum absolute atomic E-state index is 10.7. The van der Waals surface area contributed by atoms with Crippen LogP contribution in [0.4, 0.5) is 11.4 Å². The van der Waals surface area contributed by atoms with Crippen molar-refractivity contribution >= 4 is 45.3 Å². The number of nitrogens with two attached hydrogens (primary N) is 1. The van der Waals surface area contributed by atoms with E-state index in [9.17, 15) is 10.1 Å². The van der Waals surface area contributed by atoms with E-state index in [1.165, 1.54) is 12.1 Å². The Labute approximate surface area is 101 Å². The molecule has 0 bridgehead atoms. The number of rotatable bonds is 1. The fourth-order valence-corrected chi connectivity index (χ4v) is 1.80. The molecule has 0 heterocycles.